The van der Waals surface area contributed by atoms with Crippen LogP contribution >= 0.6 is 12.4 Å². The maximum atomic E-state index is 12.0. The van der Waals surface area contributed by atoms with Crippen molar-refractivity contribution in [2.24, 2.45) is 0 Å². The third-order valence-electron chi connectivity index (χ3n) is 5.16. The van der Waals surface area contributed by atoms with E-state index in [4.69, 9.17) is 0 Å². The third-order valence-corrected chi connectivity index (χ3v) is 5.16. The molecule has 0 spiro atoms. The molecule has 1 heterocycles. The van der Waals surface area contributed by atoms with E-state index < -0.39 is 0 Å². The van der Waals surface area contributed by atoms with E-state index in [2.05, 4.69) is 53.1 Å². The lowest BCUT2D eigenvalue weighted by Crippen LogP contribution is -2.36. The number of rotatable bonds is 5. The molecule has 2 aromatic carbocycles. The summed E-state index contributed by atoms with van der Waals surface area (Å²) in [5.74, 6) is 0.190. The van der Waals surface area contributed by atoms with Gasteiger partial charge in [0, 0.05) is 19.0 Å². The quantitative estimate of drug-likeness (QED) is 0.734. The van der Waals surface area contributed by atoms with Crippen LogP contribution in [0.25, 0.3) is 11.1 Å². The van der Waals surface area contributed by atoms with Crippen molar-refractivity contribution < 1.29 is 4.79 Å². The van der Waals surface area contributed by atoms with Gasteiger partial charge in [-0.25, -0.2) is 0 Å². The van der Waals surface area contributed by atoms with Gasteiger partial charge < -0.3 is 10.6 Å². The van der Waals surface area contributed by atoms with Gasteiger partial charge in [0.2, 0.25) is 5.91 Å². The van der Waals surface area contributed by atoms with Crippen LogP contribution in [0.1, 0.15) is 36.0 Å². The van der Waals surface area contributed by atoms with E-state index in [0.29, 0.717) is 12.5 Å². The lowest BCUT2D eigenvalue weighted by atomic mass is 10.00. The predicted molar refractivity (Wildman–Crippen MR) is 104 cm³/mol. The summed E-state index contributed by atoms with van der Waals surface area (Å²) in [4.78, 5) is 12.0. The highest BCUT2D eigenvalue weighted by atomic mass is 35.5. The zero-order chi connectivity index (χ0) is 16.4. The fraction of sp³-hybridized carbons (Fsp3) is 0.381. The van der Waals surface area contributed by atoms with Crippen molar-refractivity contribution in [2.45, 2.75) is 38.1 Å². The molecule has 0 aromatic heterocycles. The molecule has 132 valence electrons. The van der Waals surface area contributed by atoms with Gasteiger partial charge >= 0.3 is 0 Å². The summed E-state index contributed by atoms with van der Waals surface area (Å²) < 4.78 is 0. The van der Waals surface area contributed by atoms with Gasteiger partial charge in [-0.1, -0.05) is 42.5 Å². The molecular weight excluding hydrogens is 332 g/mol. The summed E-state index contributed by atoms with van der Waals surface area (Å²) in [6.45, 7) is 1.93. The smallest absolute Gasteiger partial charge is 0.220 e. The first kappa shape index (κ1) is 18.0. The Labute approximate surface area is 155 Å². The molecule has 2 aliphatic rings. The number of benzene rings is 2. The summed E-state index contributed by atoms with van der Waals surface area (Å²) in [5.41, 5.74) is 6.94. The van der Waals surface area contributed by atoms with Crippen LogP contribution in [0.2, 0.25) is 0 Å². The van der Waals surface area contributed by atoms with Gasteiger partial charge in [-0.3, -0.25) is 4.79 Å². The van der Waals surface area contributed by atoms with E-state index in [-0.39, 0.29) is 18.3 Å². The first-order valence-electron chi connectivity index (χ1n) is 9.00. The molecule has 3 nitrogen and oxygen atoms in total. The second-order valence-electron chi connectivity index (χ2n) is 6.94. The maximum absolute atomic E-state index is 12.0. The van der Waals surface area contributed by atoms with Gasteiger partial charge in [-0.05, 0) is 60.0 Å². The average Bonchev–Trinajstić information content (AvgIpc) is 3.22. The van der Waals surface area contributed by atoms with Gasteiger partial charge in [0.1, 0.15) is 0 Å². The van der Waals surface area contributed by atoms with Crippen LogP contribution in [-0.2, 0) is 17.6 Å². The number of carbonyl (C=O) groups is 1. The zero-order valence-electron chi connectivity index (χ0n) is 14.4. The van der Waals surface area contributed by atoms with Crippen molar-refractivity contribution in [3.8, 4) is 11.1 Å². The molecule has 0 bridgehead atoms. The van der Waals surface area contributed by atoms with Crippen molar-refractivity contribution in [2.75, 3.05) is 13.1 Å². The van der Waals surface area contributed by atoms with E-state index in [9.17, 15) is 4.79 Å². The van der Waals surface area contributed by atoms with Crippen LogP contribution in [0, 0.1) is 0 Å². The number of nitrogens with one attached hydrogen (secondary N) is 2. The summed E-state index contributed by atoms with van der Waals surface area (Å²) in [7, 11) is 0. The number of amides is 1. The Kier molecular flexibility index (Phi) is 5.77. The Bertz CT molecular complexity index is 753. The molecule has 25 heavy (non-hydrogen) atoms. The maximum Gasteiger partial charge on any atom is 0.220 e. The molecule has 1 aliphatic heterocycles. The highest BCUT2D eigenvalue weighted by Gasteiger charge is 2.18. The minimum absolute atomic E-state index is 0. The van der Waals surface area contributed by atoms with Gasteiger partial charge in [-0.15, -0.1) is 12.4 Å². The van der Waals surface area contributed by atoms with E-state index in [1.807, 2.05) is 0 Å². The molecule has 1 unspecified atom stereocenters. The van der Waals surface area contributed by atoms with E-state index in [1.165, 1.54) is 27.8 Å². The van der Waals surface area contributed by atoms with Crippen LogP contribution in [0.15, 0.2) is 42.5 Å². The van der Waals surface area contributed by atoms with Crippen molar-refractivity contribution in [3.05, 3.63) is 59.2 Å². The van der Waals surface area contributed by atoms with Crippen LogP contribution in [0.4, 0.5) is 0 Å². The number of halogens is 1. The fourth-order valence-corrected chi connectivity index (χ4v) is 3.86. The van der Waals surface area contributed by atoms with Crippen LogP contribution in [0.5, 0.6) is 0 Å². The van der Waals surface area contributed by atoms with Gasteiger partial charge in [0.15, 0.2) is 0 Å². The van der Waals surface area contributed by atoms with Crippen molar-refractivity contribution in [1.82, 2.24) is 10.6 Å². The summed E-state index contributed by atoms with van der Waals surface area (Å²) in [6.07, 6.45) is 4.59. The molecular formula is C21H25ClN2O. The molecule has 4 rings (SSSR count). The lowest BCUT2D eigenvalue weighted by molar-refractivity contribution is -0.121. The Morgan fingerprint density at radius 3 is 2.80 bits per heavy atom. The van der Waals surface area contributed by atoms with Crippen molar-refractivity contribution in [1.29, 1.82) is 0 Å². The fourth-order valence-electron chi connectivity index (χ4n) is 3.86. The Balaban J connectivity index is 0.00000182. The highest BCUT2D eigenvalue weighted by Crippen LogP contribution is 2.36. The standard InChI is InChI=1S/C21H24N2O.ClH/c24-21(23-18-10-11-22-14-18)7-3-4-15-8-9-17-13-16-5-1-2-6-19(16)20(17)12-15;/h1-2,5-6,8-9,12,18,22H,3-4,7,10-11,13-14H2,(H,23,24);1H. The first-order valence-corrected chi connectivity index (χ1v) is 9.00. The van der Waals surface area contributed by atoms with E-state index in [1.54, 1.807) is 0 Å². The number of hydrogen-bond acceptors (Lipinski definition) is 2. The molecule has 0 radical (unpaired) electrons. The minimum Gasteiger partial charge on any atom is -0.352 e. The minimum atomic E-state index is 0. The highest BCUT2D eigenvalue weighted by molar-refractivity contribution is 5.85. The van der Waals surface area contributed by atoms with Crippen molar-refractivity contribution in [3.63, 3.8) is 0 Å². The molecule has 1 amide bonds. The summed E-state index contributed by atoms with van der Waals surface area (Å²) in [6, 6.07) is 15.8. The normalized spacial score (nSPS) is 17.5. The monoisotopic (exact) mass is 356 g/mol. The first-order chi connectivity index (χ1) is 11.8. The second kappa shape index (κ2) is 8.03. The van der Waals surface area contributed by atoms with Crippen LogP contribution in [-0.4, -0.2) is 25.0 Å². The summed E-state index contributed by atoms with van der Waals surface area (Å²) >= 11 is 0. The Hall–Kier alpha value is -1.84. The lowest BCUT2D eigenvalue weighted by Gasteiger charge is -2.11. The SMILES string of the molecule is Cl.O=C(CCCc1ccc2c(c1)-c1ccccc1C2)NC1CCNC1. The number of carbonyl (C=O) groups excluding carboxylic acids is 1. The zero-order valence-corrected chi connectivity index (χ0v) is 15.2. The number of aryl methyl sites for hydroxylation is 1. The predicted octanol–water partition coefficient (Wildman–Crippen LogP) is 3.48. The molecule has 1 atom stereocenters. The molecule has 1 aliphatic carbocycles. The molecule has 2 aromatic rings. The largest absolute Gasteiger partial charge is 0.352 e. The van der Waals surface area contributed by atoms with E-state index in [0.717, 1.165) is 38.8 Å². The molecule has 2 N–H and O–H groups in total. The number of hydrogen-bond donors (Lipinski definition) is 2. The van der Waals surface area contributed by atoms with Crippen LogP contribution < -0.4 is 10.6 Å². The van der Waals surface area contributed by atoms with Gasteiger partial charge in [0.25, 0.3) is 0 Å². The molecule has 1 saturated heterocycles. The Morgan fingerprint density at radius 1 is 1.12 bits per heavy atom. The second-order valence-corrected chi connectivity index (χ2v) is 6.94. The molecule has 1 fully saturated rings. The van der Waals surface area contributed by atoms with Crippen molar-refractivity contribution >= 4 is 18.3 Å². The molecule has 4 heteroatoms. The summed E-state index contributed by atoms with van der Waals surface area (Å²) in [5, 5.41) is 6.40. The van der Waals surface area contributed by atoms with Gasteiger partial charge in [0.05, 0.1) is 0 Å². The third kappa shape index (κ3) is 4.05. The van der Waals surface area contributed by atoms with Crippen LogP contribution in [0.3, 0.4) is 0 Å². The topological polar surface area (TPSA) is 41.1 Å². The average molecular weight is 357 g/mol. The Morgan fingerprint density at radius 2 is 1.96 bits per heavy atom. The van der Waals surface area contributed by atoms with Gasteiger partial charge in [-0.2, -0.15) is 0 Å². The number of fused-ring (bicyclic) bond motifs is 3. The molecule has 0 saturated carbocycles. The van der Waals surface area contributed by atoms with E-state index >= 15 is 0 Å².